The molecule has 0 aliphatic rings. The predicted octanol–water partition coefficient (Wildman–Crippen LogP) is 3.70. The topological polar surface area (TPSA) is 38.9 Å². The predicted molar refractivity (Wildman–Crippen MR) is 71.6 cm³/mol. The molecule has 0 saturated carbocycles. The van der Waals surface area contributed by atoms with Crippen molar-refractivity contribution in [1.29, 1.82) is 0 Å². The molecule has 0 aliphatic carbocycles. The van der Waals surface area contributed by atoms with Gasteiger partial charge in [0.1, 0.15) is 0 Å². The molecule has 0 saturated heterocycles. The van der Waals surface area contributed by atoms with Gasteiger partial charge in [-0.2, -0.15) is 4.98 Å². The van der Waals surface area contributed by atoms with Crippen molar-refractivity contribution >= 4 is 11.3 Å². The van der Waals surface area contributed by atoms with Gasteiger partial charge in [0.15, 0.2) is 0 Å². The molecule has 90 valence electrons. The number of rotatable bonds is 3. The van der Waals surface area contributed by atoms with E-state index in [-0.39, 0.29) is 0 Å². The van der Waals surface area contributed by atoms with Crippen LogP contribution in [0.4, 0.5) is 0 Å². The van der Waals surface area contributed by atoms with Crippen LogP contribution in [-0.2, 0) is 6.42 Å². The van der Waals surface area contributed by atoms with E-state index in [1.807, 2.05) is 17.5 Å². The first kappa shape index (κ1) is 11.2. The Balaban J connectivity index is 1.80. The summed E-state index contributed by atoms with van der Waals surface area (Å²) < 4.78 is 5.27. The minimum atomic E-state index is 0.655. The lowest BCUT2D eigenvalue weighted by Gasteiger charge is -1.96. The number of hydrogen-bond donors (Lipinski definition) is 0. The van der Waals surface area contributed by atoms with Gasteiger partial charge in [0, 0.05) is 0 Å². The molecule has 3 rings (SSSR count). The van der Waals surface area contributed by atoms with Crippen LogP contribution in [0.1, 0.15) is 17.0 Å². The Morgan fingerprint density at radius 2 is 2.00 bits per heavy atom. The van der Waals surface area contributed by atoms with E-state index in [9.17, 15) is 0 Å². The van der Waals surface area contributed by atoms with E-state index in [2.05, 4.69) is 41.3 Å². The molecule has 0 fully saturated rings. The second-order valence-electron chi connectivity index (χ2n) is 4.15. The minimum absolute atomic E-state index is 0.655. The second kappa shape index (κ2) is 4.74. The third-order valence-electron chi connectivity index (χ3n) is 2.69. The largest absolute Gasteiger partial charge is 0.339 e. The van der Waals surface area contributed by atoms with Gasteiger partial charge in [0.2, 0.25) is 11.7 Å². The number of aryl methyl sites for hydroxylation is 1. The molecule has 1 aromatic carbocycles. The van der Waals surface area contributed by atoms with Crippen molar-refractivity contribution in [2.45, 2.75) is 13.3 Å². The second-order valence-corrected chi connectivity index (χ2v) is 5.10. The zero-order chi connectivity index (χ0) is 12.4. The van der Waals surface area contributed by atoms with Crippen molar-refractivity contribution in [2.75, 3.05) is 0 Å². The standard InChI is InChI=1S/C14H12N2OS/c1-10-4-6-11(7-5-10)9-13-15-14(16-17-13)12-3-2-8-18-12/h2-8H,9H2,1H3. The van der Waals surface area contributed by atoms with E-state index in [0.29, 0.717) is 18.1 Å². The maximum absolute atomic E-state index is 5.27. The molecule has 3 aromatic rings. The van der Waals surface area contributed by atoms with Crippen LogP contribution >= 0.6 is 11.3 Å². The third kappa shape index (κ3) is 2.33. The summed E-state index contributed by atoms with van der Waals surface area (Å²) in [7, 11) is 0. The highest BCUT2D eigenvalue weighted by atomic mass is 32.1. The van der Waals surface area contributed by atoms with E-state index in [0.717, 1.165) is 4.88 Å². The normalized spacial score (nSPS) is 10.7. The Labute approximate surface area is 109 Å². The molecule has 0 N–H and O–H groups in total. The monoisotopic (exact) mass is 256 g/mol. The third-order valence-corrected chi connectivity index (χ3v) is 3.55. The van der Waals surface area contributed by atoms with Crippen LogP contribution in [0.5, 0.6) is 0 Å². The van der Waals surface area contributed by atoms with Gasteiger partial charge in [0.05, 0.1) is 11.3 Å². The number of benzene rings is 1. The lowest BCUT2D eigenvalue weighted by molar-refractivity contribution is 0.386. The summed E-state index contributed by atoms with van der Waals surface area (Å²) in [5.41, 5.74) is 2.44. The Bertz CT molecular complexity index is 626. The summed E-state index contributed by atoms with van der Waals surface area (Å²) in [5.74, 6) is 1.33. The SMILES string of the molecule is Cc1ccc(Cc2nc(-c3cccs3)no2)cc1. The first-order valence-electron chi connectivity index (χ1n) is 5.73. The zero-order valence-electron chi connectivity index (χ0n) is 9.96. The summed E-state index contributed by atoms with van der Waals surface area (Å²) in [6, 6.07) is 12.3. The van der Waals surface area contributed by atoms with Gasteiger partial charge in [-0.05, 0) is 23.9 Å². The van der Waals surface area contributed by atoms with Gasteiger partial charge in [-0.15, -0.1) is 11.3 Å². The fraction of sp³-hybridized carbons (Fsp3) is 0.143. The van der Waals surface area contributed by atoms with Gasteiger partial charge in [-0.1, -0.05) is 41.1 Å². The minimum Gasteiger partial charge on any atom is -0.339 e. The van der Waals surface area contributed by atoms with Crippen LogP contribution in [-0.4, -0.2) is 10.1 Å². The van der Waals surface area contributed by atoms with E-state index in [1.54, 1.807) is 11.3 Å². The smallest absolute Gasteiger partial charge is 0.231 e. The number of nitrogens with zero attached hydrogens (tertiary/aromatic N) is 2. The lowest BCUT2D eigenvalue weighted by Crippen LogP contribution is -1.88. The maximum Gasteiger partial charge on any atom is 0.231 e. The summed E-state index contributed by atoms with van der Waals surface area (Å²) >= 11 is 1.61. The van der Waals surface area contributed by atoms with Crippen LogP contribution < -0.4 is 0 Å². The van der Waals surface area contributed by atoms with Crippen molar-refractivity contribution in [1.82, 2.24) is 10.1 Å². The molecule has 0 unspecified atom stereocenters. The molecule has 18 heavy (non-hydrogen) atoms. The molecule has 0 radical (unpaired) electrons. The molecule has 0 aliphatic heterocycles. The van der Waals surface area contributed by atoms with Crippen molar-refractivity contribution in [3.63, 3.8) is 0 Å². The van der Waals surface area contributed by atoms with Crippen molar-refractivity contribution in [3.8, 4) is 10.7 Å². The first-order chi connectivity index (χ1) is 8.81. The van der Waals surface area contributed by atoms with Gasteiger partial charge >= 0.3 is 0 Å². The molecule has 3 nitrogen and oxygen atoms in total. The Hall–Kier alpha value is -1.94. The summed E-state index contributed by atoms with van der Waals surface area (Å²) in [6.45, 7) is 2.07. The van der Waals surface area contributed by atoms with Crippen LogP contribution in [0.2, 0.25) is 0 Å². The lowest BCUT2D eigenvalue weighted by atomic mass is 10.1. The van der Waals surface area contributed by atoms with E-state index >= 15 is 0 Å². The highest BCUT2D eigenvalue weighted by molar-refractivity contribution is 7.13. The molecule has 0 spiro atoms. The molecule has 0 amide bonds. The summed E-state index contributed by atoms with van der Waals surface area (Å²) in [6.07, 6.45) is 0.679. The van der Waals surface area contributed by atoms with Gasteiger partial charge < -0.3 is 4.52 Å². The Morgan fingerprint density at radius 3 is 2.72 bits per heavy atom. The van der Waals surface area contributed by atoms with Crippen LogP contribution in [0.3, 0.4) is 0 Å². The zero-order valence-corrected chi connectivity index (χ0v) is 10.8. The van der Waals surface area contributed by atoms with E-state index < -0.39 is 0 Å². The highest BCUT2D eigenvalue weighted by Gasteiger charge is 2.09. The molecule has 0 atom stereocenters. The fourth-order valence-corrected chi connectivity index (χ4v) is 2.36. The molecule has 2 heterocycles. The number of thiophene rings is 1. The van der Waals surface area contributed by atoms with Crippen molar-refractivity contribution in [3.05, 3.63) is 58.8 Å². The van der Waals surface area contributed by atoms with Crippen molar-refractivity contribution < 1.29 is 4.52 Å². The molecular weight excluding hydrogens is 244 g/mol. The maximum atomic E-state index is 5.27. The summed E-state index contributed by atoms with van der Waals surface area (Å²) in [5, 5.41) is 6.00. The van der Waals surface area contributed by atoms with Gasteiger partial charge in [0.25, 0.3) is 0 Å². The van der Waals surface area contributed by atoms with E-state index in [1.165, 1.54) is 11.1 Å². The van der Waals surface area contributed by atoms with Gasteiger partial charge in [-0.25, -0.2) is 0 Å². The molecule has 2 aromatic heterocycles. The first-order valence-corrected chi connectivity index (χ1v) is 6.61. The fourth-order valence-electron chi connectivity index (χ4n) is 1.71. The Morgan fingerprint density at radius 1 is 1.17 bits per heavy atom. The quantitative estimate of drug-likeness (QED) is 0.717. The average Bonchev–Trinajstić information content (AvgIpc) is 3.02. The van der Waals surface area contributed by atoms with E-state index in [4.69, 9.17) is 4.52 Å². The van der Waals surface area contributed by atoms with Crippen LogP contribution in [0, 0.1) is 6.92 Å². The highest BCUT2D eigenvalue weighted by Crippen LogP contribution is 2.21. The van der Waals surface area contributed by atoms with Crippen LogP contribution in [0.15, 0.2) is 46.3 Å². The van der Waals surface area contributed by atoms with Crippen LogP contribution in [0.25, 0.3) is 10.7 Å². The molecule has 0 bridgehead atoms. The number of hydrogen-bond acceptors (Lipinski definition) is 4. The average molecular weight is 256 g/mol. The van der Waals surface area contributed by atoms with Gasteiger partial charge in [-0.3, -0.25) is 0 Å². The number of aromatic nitrogens is 2. The Kier molecular flexibility index (Phi) is 2.94. The molecule has 4 heteroatoms. The van der Waals surface area contributed by atoms with Crippen molar-refractivity contribution in [2.24, 2.45) is 0 Å². The summed E-state index contributed by atoms with van der Waals surface area (Å²) in [4.78, 5) is 5.44. The molecular formula is C14H12N2OS.